The van der Waals surface area contributed by atoms with Crippen LogP contribution in [-0.2, 0) is 10.0 Å². The SMILES string of the molecule is CCC(CSC)NS(=O)(=O)c1cc(N)ccc1OC. The molecule has 1 unspecified atom stereocenters. The lowest BCUT2D eigenvalue weighted by Gasteiger charge is -2.17. The second-order valence-corrected chi connectivity index (χ2v) is 6.69. The van der Waals surface area contributed by atoms with Crippen molar-refractivity contribution in [3.05, 3.63) is 18.2 Å². The summed E-state index contributed by atoms with van der Waals surface area (Å²) < 4.78 is 32.5. The molecule has 7 heteroatoms. The number of nitrogens with one attached hydrogen (secondary N) is 1. The highest BCUT2D eigenvalue weighted by atomic mass is 32.2. The van der Waals surface area contributed by atoms with Crippen LogP contribution in [0, 0.1) is 0 Å². The molecular formula is C12H20N2O3S2. The maximum atomic E-state index is 12.4. The predicted molar refractivity (Wildman–Crippen MR) is 80.2 cm³/mol. The van der Waals surface area contributed by atoms with E-state index >= 15 is 0 Å². The zero-order chi connectivity index (χ0) is 14.5. The number of hydrogen-bond acceptors (Lipinski definition) is 5. The van der Waals surface area contributed by atoms with E-state index in [0.717, 1.165) is 12.2 Å². The Kier molecular flexibility index (Phi) is 5.96. The van der Waals surface area contributed by atoms with E-state index in [4.69, 9.17) is 10.5 Å². The molecule has 0 spiro atoms. The van der Waals surface area contributed by atoms with Gasteiger partial charge in [0, 0.05) is 17.5 Å². The predicted octanol–water partition coefficient (Wildman–Crippen LogP) is 1.70. The molecule has 19 heavy (non-hydrogen) atoms. The van der Waals surface area contributed by atoms with E-state index in [2.05, 4.69) is 4.72 Å². The van der Waals surface area contributed by atoms with Crippen molar-refractivity contribution in [1.82, 2.24) is 4.72 Å². The summed E-state index contributed by atoms with van der Waals surface area (Å²) in [7, 11) is -2.19. The zero-order valence-electron chi connectivity index (χ0n) is 11.3. The molecule has 0 aromatic heterocycles. The van der Waals surface area contributed by atoms with Gasteiger partial charge in [0.2, 0.25) is 10.0 Å². The number of ether oxygens (including phenoxy) is 1. The van der Waals surface area contributed by atoms with Crippen LogP contribution in [0.2, 0.25) is 0 Å². The summed E-state index contributed by atoms with van der Waals surface area (Å²) in [5.74, 6) is 1.01. The maximum Gasteiger partial charge on any atom is 0.244 e. The highest BCUT2D eigenvalue weighted by Gasteiger charge is 2.22. The molecule has 0 fully saturated rings. The highest BCUT2D eigenvalue weighted by Crippen LogP contribution is 2.26. The molecule has 1 atom stereocenters. The van der Waals surface area contributed by atoms with E-state index in [1.807, 2.05) is 13.2 Å². The number of anilines is 1. The van der Waals surface area contributed by atoms with Crippen LogP contribution in [0.15, 0.2) is 23.1 Å². The standard InChI is InChI=1S/C12H20N2O3S2/c1-4-10(8-18-3)14-19(15,16)12-7-9(13)5-6-11(12)17-2/h5-7,10,14H,4,8,13H2,1-3H3. The lowest BCUT2D eigenvalue weighted by molar-refractivity contribution is 0.402. The average molecular weight is 304 g/mol. The Balaban J connectivity index is 3.09. The number of nitrogen functional groups attached to an aromatic ring is 1. The smallest absolute Gasteiger partial charge is 0.244 e. The van der Waals surface area contributed by atoms with Gasteiger partial charge in [-0.15, -0.1) is 0 Å². The summed E-state index contributed by atoms with van der Waals surface area (Å²) in [5.41, 5.74) is 6.04. The van der Waals surface area contributed by atoms with Gasteiger partial charge in [0.15, 0.2) is 0 Å². The fourth-order valence-corrected chi connectivity index (χ4v) is 3.97. The molecule has 0 heterocycles. The van der Waals surface area contributed by atoms with Crippen LogP contribution in [0.4, 0.5) is 5.69 Å². The van der Waals surface area contributed by atoms with Crippen molar-refractivity contribution in [3.63, 3.8) is 0 Å². The fraction of sp³-hybridized carbons (Fsp3) is 0.500. The third-order valence-electron chi connectivity index (χ3n) is 2.66. The number of rotatable bonds is 7. The molecule has 1 rings (SSSR count). The van der Waals surface area contributed by atoms with E-state index in [-0.39, 0.29) is 10.9 Å². The number of thioether (sulfide) groups is 1. The van der Waals surface area contributed by atoms with Gasteiger partial charge in [-0.1, -0.05) is 6.92 Å². The van der Waals surface area contributed by atoms with Gasteiger partial charge >= 0.3 is 0 Å². The minimum atomic E-state index is -3.63. The van der Waals surface area contributed by atoms with E-state index in [1.54, 1.807) is 23.9 Å². The summed E-state index contributed by atoms with van der Waals surface area (Å²) >= 11 is 1.60. The minimum Gasteiger partial charge on any atom is -0.495 e. The fourth-order valence-electron chi connectivity index (χ4n) is 1.62. The number of sulfonamides is 1. The maximum absolute atomic E-state index is 12.4. The minimum absolute atomic E-state index is 0.0783. The summed E-state index contributed by atoms with van der Waals surface area (Å²) in [5, 5.41) is 0. The van der Waals surface area contributed by atoms with Crippen molar-refractivity contribution < 1.29 is 13.2 Å². The van der Waals surface area contributed by atoms with Gasteiger partial charge in [0.25, 0.3) is 0 Å². The van der Waals surface area contributed by atoms with Gasteiger partial charge in [-0.2, -0.15) is 11.8 Å². The molecule has 0 amide bonds. The van der Waals surface area contributed by atoms with Gasteiger partial charge < -0.3 is 10.5 Å². The largest absolute Gasteiger partial charge is 0.495 e. The molecule has 0 bridgehead atoms. The van der Waals surface area contributed by atoms with Crippen LogP contribution in [0.1, 0.15) is 13.3 Å². The third-order valence-corrected chi connectivity index (χ3v) is 4.94. The quantitative estimate of drug-likeness (QED) is 0.749. The van der Waals surface area contributed by atoms with Crippen molar-refractivity contribution in [2.45, 2.75) is 24.3 Å². The Bertz CT molecular complexity index is 518. The van der Waals surface area contributed by atoms with Crippen molar-refractivity contribution in [2.75, 3.05) is 24.9 Å². The van der Waals surface area contributed by atoms with Crippen LogP contribution in [0.25, 0.3) is 0 Å². The molecular weight excluding hydrogens is 284 g/mol. The normalized spacial score (nSPS) is 13.2. The van der Waals surface area contributed by atoms with Crippen LogP contribution in [0.3, 0.4) is 0 Å². The Hall–Kier alpha value is -0.920. The van der Waals surface area contributed by atoms with Crippen LogP contribution < -0.4 is 15.2 Å². The van der Waals surface area contributed by atoms with Gasteiger partial charge in [0.05, 0.1) is 7.11 Å². The van der Waals surface area contributed by atoms with Crippen LogP contribution in [-0.4, -0.2) is 33.6 Å². The van der Waals surface area contributed by atoms with Gasteiger partial charge in [-0.05, 0) is 30.9 Å². The number of hydrogen-bond donors (Lipinski definition) is 2. The summed E-state index contributed by atoms with van der Waals surface area (Å²) in [6.45, 7) is 1.94. The third kappa shape index (κ3) is 4.29. The van der Waals surface area contributed by atoms with E-state index in [1.165, 1.54) is 13.2 Å². The van der Waals surface area contributed by atoms with Gasteiger partial charge in [0.1, 0.15) is 10.6 Å². The molecule has 0 aliphatic rings. The molecule has 5 nitrogen and oxygen atoms in total. The van der Waals surface area contributed by atoms with E-state index in [0.29, 0.717) is 11.4 Å². The van der Waals surface area contributed by atoms with Crippen LogP contribution in [0.5, 0.6) is 5.75 Å². The summed E-state index contributed by atoms with van der Waals surface area (Å²) in [6.07, 6.45) is 2.67. The van der Waals surface area contributed by atoms with Crippen molar-refractivity contribution >= 4 is 27.5 Å². The Morgan fingerprint density at radius 3 is 2.68 bits per heavy atom. The first kappa shape index (κ1) is 16.1. The van der Waals surface area contributed by atoms with Gasteiger partial charge in [-0.25, -0.2) is 13.1 Å². The lowest BCUT2D eigenvalue weighted by atomic mass is 10.3. The molecule has 3 N–H and O–H groups in total. The Labute approximate surface area is 119 Å². The number of methoxy groups -OCH3 is 1. The first-order valence-electron chi connectivity index (χ1n) is 5.89. The van der Waals surface area contributed by atoms with Crippen molar-refractivity contribution in [1.29, 1.82) is 0 Å². The Morgan fingerprint density at radius 2 is 2.16 bits per heavy atom. The molecule has 0 radical (unpaired) electrons. The molecule has 0 aliphatic heterocycles. The number of benzene rings is 1. The molecule has 1 aromatic carbocycles. The van der Waals surface area contributed by atoms with E-state index < -0.39 is 10.0 Å². The average Bonchev–Trinajstić information content (AvgIpc) is 2.38. The second-order valence-electron chi connectivity index (χ2n) is 4.09. The second kappa shape index (κ2) is 7.02. The summed E-state index contributed by atoms with van der Waals surface area (Å²) in [6, 6.07) is 4.47. The first-order valence-corrected chi connectivity index (χ1v) is 8.77. The first-order chi connectivity index (χ1) is 8.94. The van der Waals surface area contributed by atoms with Crippen molar-refractivity contribution in [2.24, 2.45) is 0 Å². The lowest BCUT2D eigenvalue weighted by Crippen LogP contribution is -2.36. The molecule has 0 aliphatic carbocycles. The topological polar surface area (TPSA) is 81.4 Å². The molecule has 0 saturated heterocycles. The summed E-state index contributed by atoms with van der Waals surface area (Å²) in [4.78, 5) is 0.0783. The molecule has 1 aromatic rings. The number of nitrogens with two attached hydrogens (primary N) is 1. The van der Waals surface area contributed by atoms with Crippen LogP contribution >= 0.6 is 11.8 Å². The van der Waals surface area contributed by atoms with E-state index in [9.17, 15) is 8.42 Å². The molecule has 0 saturated carbocycles. The Morgan fingerprint density at radius 1 is 1.47 bits per heavy atom. The van der Waals surface area contributed by atoms with Crippen molar-refractivity contribution in [3.8, 4) is 5.75 Å². The monoisotopic (exact) mass is 304 g/mol. The highest BCUT2D eigenvalue weighted by molar-refractivity contribution is 7.98. The van der Waals surface area contributed by atoms with Gasteiger partial charge in [-0.3, -0.25) is 0 Å². The zero-order valence-corrected chi connectivity index (χ0v) is 13.0. The molecule has 108 valence electrons.